The summed E-state index contributed by atoms with van der Waals surface area (Å²) in [7, 11) is 0. The number of nitrogens with zero attached hydrogens (tertiary/aromatic N) is 3. The second-order valence-electron chi connectivity index (χ2n) is 5.66. The van der Waals surface area contributed by atoms with Crippen molar-refractivity contribution in [3.05, 3.63) is 23.2 Å². The number of aromatic nitrogens is 2. The topological polar surface area (TPSA) is 47.1 Å². The number of imidazole rings is 1. The van der Waals surface area contributed by atoms with E-state index in [1.54, 1.807) is 0 Å². The first-order valence-electron chi connectivity index (χ1n) is 7.31. The summed E-state index contributed by atoms with van der Waals surface area (Å²) in [4.78, 5) is 6.94. The minimum Gasteiger partial charge on any atom is -0.369 e. The molecular formula is C15H21ClN4. The molecule has 1 unspecified atom stereocenters. The Hall–Kier alpha value is -1.26. The maximum Gasteiger partial charge on any atom is 0.201 e. The number of rotatable bonds is 3. The van der Waals surface area contributed by atoms with Crippen molar-refractivity contribution in [1.29, 1.82) is 0 Å². The molecular weight excluding hydrogens is 272 g/mol. The van der Waals surface area contributed by atoms with E-state index in [-0.39, 0.29) is 6.04 Å². The van der Waals surface area contributed by atoms with E-state index in [9.17, 15) is 0 Å². The van der Waals surface area contributed by atoms with Crippen molar-refractivity contribution >= 4 is 28.6 Å². The van der Waals surface area contributed by atoms with E-state index < -0.39 is 0 Å². The van der Waals surface area contributed by atoms with Crippen LogP contribution in [0.5, 0.6) is 0 Å². The van der Waals surface area contributed by atoms with Crippen molar-refractivity contribution in [3.63, 3.8) is 0 Å². The van der Waals surface area contributed by atoms with Crippen LogP contribution in [0.25, 0.3) is 11.0 Å². The first kappa shape index (κ1) is 13.7. The van der Waals surface area contributed by atoms with Gasteiger partial charge in [-0.25, -0.2) is 4.98 Å². The normalized spacial score (nSPS) is 18.5. The molecule has 2 aromatic rings. The summed E-state index contributed by atoms with van der Waals surface area (Å²) in [6, 6.07) is 6.05. The van der Waals surface area contributed by atoms with Gasteiger partial charge in [0.2, 0.25) is 5.95 Å². The number of para-hydroxylation sites is 1. The van der Waals surface area contributed by atoms with Crippen LogP contribution in [0.3, 0.4) is 0 Å². The van der Waals surface area contributed by atoms with Crippen LogP contribution in [-0.4, -0.2) is 34.1 Å². The minimum absolute atomic E-state index is 0.276. The van der Waals surface area contributed by atoms with Crippen LogP contribution >= 0.6 is 11.6 Å². The zero-order valence-corrected chi connectivity index (χ0v) is 12.6. The van der Waals surface area contributed by atoms with Crippen LogP contribution in [0.1, 0.15) is 32.2 Å². The molecule has 0 saturated carbocycles. The van der Waals surface area contributed by atoms with Crippen LogP contribution in [0.4, 0.5) is 5.95 Å². The van der Waals surface area contributed by atoms with Gasteiger partial charge in [-0.3, -0.25) is 0 Å². The molecule has 0 spiro atoms. The van der Waals surface area contributed by atoms with E-state index in [1.807, 2.05) is 18.2 Å². The molecule has 1 aliphatic heterocycles. The van der Waals surface area contributed by atoms with Gasteiger partial charge in [0.1, 0.15) is 0 Å². The number of fused-ring (bicyclic) bond motifs is 1. The van der Waals surface area contributed by atoms with E-state index in [0.29, 0.717) is 5.95 Å². The molecule has 20 heavy (non-hydrogen) atoms. The number of nitrogens with two attached hydrogens (primary N) is 1. The van der Waals surface area contributed by atoms with Crippen molar-refractivity contribution in [2.75, 3.05) is 25.4 Å². The standard InChI is InChI=1S/C15H21ClN4/c1-11(10-19-8-3-2-4-9-19)20-14-12(16)6-5-7-13(14)18-15(20)17/h5-7,11H,2-4,8-10H2,1H3,(H2,17,18). The van der Waals surface area contributed by atoms with Gasteiger partial charge in [0.05, 0.1) is 16.1 Å². The molecule has 0 bridgehead atoms. The molecule has 0 radical (unpaired) electrons. The highest BCUT2D eigenvalue weighted by Crippen LogP contribution is 2.29. The minimum atomic E-state index is 0.276. The summed E-state index contributed by atoms with van der Waals surface area (Å²) >= 11 is 6.33. The highest BCUT2D eigenvalue weighted by atomic mass is 35.5. The molecule has 1 atom stereocenters. The molecule has 1 aliphatic rings. The van der Waals surface area contributed by atoms with Crippen molar-refractivity contribution in [2.24, 2.45) is 0 Å². The first-order chi connectivity index (χ1) is 9.66. The summed E-state index contributed by atoms with van der Waals surface area (Å²) in [6.07, 6.45) is 3.95. The highest BCUT2D eigenvalue weighted by Gasteiger charge is 2.19. The molecule has 2 heterocycles. The molecule has 0 aliphatic carbocycles. The zero-order valence-electron chi connectivity index (χ0n) is 11.8. The number of hydrogen-bond acceptors (Lipinski definition) is 3. The van der Waals surface area contributed by atoms with Crippen LogP contribution in [0, 0.1) is 0 Å². The third kappa shape index (κ3) is 2.50. The van der Waals surface area contributed by atoms with E-state index in [2.05, 4.69) is 21.4 Å². The Morgan fingerprint density at radius 2 is 2.05 bits per heavy atom. The average molecular weight is 293 g/mol. The quantitative estimate of drug-likeness (QED) is 0.944. The molecule has 0 amide bonds. The number of benzene rings is 1. The molecule has 1 saturated heterocycles. The number of halogens is 1. The fourth-order valence-corrected chi connectivity index (χ4v) is 3.43. The summed E-state index contributed by atoms with van der Waals surface area (Å²) in [6.45, 7) is 5.56. The lowest BCUT2D eigenvalue weighted by Crippen LogP contribution is -2.34. The lowest BCUT2D eigenvalue weighted by molar-refractivity contribution is 0.204. The maximum absolute atomic E-state index is 6.33. The highest BCUT2D eigenvalue weighted by molar-refractivity contribution is 6.35. The number of piperidine rings is 1. The van der Waals surface area contributed by atoms with E-state index in [4.69, 9.17) is 17.3 Å². The first-order valence-corrected chi connectivity index (χ1v) is 7.69. The number of anilines is 1. The zero-order chi connectivity index (χ0) is 14.1. The fraction of sp³-hybridized carbons (Fsp3) is 0.533. The smallest absolute Gasteiger partial charge is 0.201 e. The van der Waals surface area contributed by atoms with Crippen LogP contribution in [0.15, 0.2) is 18.2 Å². The summed E-state index contributed by atoms with van der Waals surface area (Å²) in [5.74, 6) is 0.553. The lowest BCUT2D eigenvalue weighted by atomic mass is 10.1. The second kappa shape index (κ2) is 5.62. The van der Waals surface area contributed by atoms with E-state index in [0.717, 1.165) is 22.6 Å². The molecule has 3 rings (SSSR count). The fourth-order valence-electron chi connectivity index (χ4n) is 3.17. The molecule has 4 nitrogen and oxygen atoms in total. The Labute approximate surface area is 124 Å². The van der Waals surface area contributed by atoms with Gasteiger partial charge in [-0.05, 0) is 45.0 Å². The van der Waals surface area contributed by atoms with Gasteiger partial charge in [0.25, 0.3) is 0 Å². The van der Waals surface area contributed by atoms with Gasteiger partial charge >= 0.3 is 0 Å². The Morgan fingerprint density at radius 1 is 1.30 bits per heavy atom. The molecule has 1 aromatic heterocycles. The Bertz CT molecular complexity index is 601. The van der Waals surface area contributed by atoms with E-state index >= 15 is 0 Å². The largest absolute Gasteiger partial charge is 0.369 e. The van der Waals surface area contributed by atoms with Crippen molar-refractivity contribution in [2.45, 2.75) is 32.2 Å². The Kier molecular flexibility index (Phi) is 3.85. The second-order valence-corrected chi connectivity index (χ2v) is 6.07. The Balaban J connectivity index is 1.90. The van der Waals surface area contributed by atoms with Crippen LogP contribution in [0.2, 0.25) is 5.02 Å². The van der Waals surface area contributed by atoms with Crippen LogP contribution in [-0.2, 0) is 0 Å². The number of nitrogen functional groups attached to an aromatic ring is 1. The van der Waals surface area contributed by atoms with Crippen molar-refractivity contribution in [3.8, 4) is 0 Å². The van der Waals surface area contributed by atoms with Gasteiger partial charge in [0, 0.05) is 12.6 Å². The van der Waals surface area contributed by atoms with Gasteiger partial charge < -0.3 is 15.2 Å². The molecule has 108 valence electrons. The summed E-state index contributed by atoms with van der Waals surface area (Å²) in [5, 5.41) is 0.720. The molecule has 1 fully saturated rings. The van der Waals surface area contributed by atoms with Gasteiger partial charge in [0.15, 0.2) is 0 Å². The predicted octanol–water partition coefficient (Wildman–Crippen LogP) is 3.32. The molecule has 2 N–H and O–H groups in total. The van der Waals surface area contributed by atoms with Gasteiger partial charge in [-0.15, -0.1) is 0 Å². The Morgan fingerprint density at radius 3 is 2.80 bits per heavy atom. The monoisotopic (exact) mass is 292 g/mol. The lowest BCUT2D eigenvalue weighted by Gasteiger charge is -2.30. The number of hydrogen-bond donors (Lipinski definition) is 1. The molecule has 5 heteroatoms. The molecule has 1 aromatic carbocycles. The van der Waals surface area contributed by atoms with E-state index in [1.165, 1.54) is 32.4 Å². The third-order valence-corrected chi connectivity index (χ3v) is 4.41. The van der Waals surface area contributed by atoms with Crippen molar-refractivity contribution < 1.29 is 0 Å². The predicted molar refractivity (Wildman–Crippen MR) is 84.2 cm³/mol. The van der Waals surface area contributed by atoms with Crippen LogP contribution < -0.4 is 5.73 Å². The third-order valence-electron chi connectivity index (χ3n) is 4.10. The maximum atomic E-state index is 6.33. The summed E-state index contributed by atoms with van der Waals surface area (Å²) in [5.41, 5.74) is 7.93. The number of likely N-dealkylation sites (tertiary alicyclic amines) is 1. The SMILES string of the molecule is CC(CN1CCCCC1)n1c(N)nc2cccc(Cl)c21. The van der Waals surface area contributed by atoms with Gasteiger partial charge in [-0.2, -0.15) is 0 Å². The van der Waals surface area contributed by atoms with Gasteiger partial charge in [-0.1, -0.05) is 24.1 Å². The average Bonchev–Trinajstić information content (AvgIpc) is 2.77. The van der Waals surface area contributed by atoms with Crippen molar-refractivity contribution in [1.82, 2.24) is 14.5 Å². The summed E-state index contributed by atoms with van der Waals surface area (Å²) < 4.78 is 2.08.